The molecule has 0 spiro atoms. The first-order valence-corrected chi connectivity index (χ1v) is 19.6. The highest BCUT2D eigenvalue weighted by molar-refractivity contribution is 14.1. The predicted molar refractivity (Wildman–Crippen MR) is 220 cm³/mol. The minimum atomic E-state index is -1.12. The molecule has 18 nitrogen and oxygen atoms in total. The van der Waals surface area contributed by atoms with Crippen molar-refractivity contribution in [3.8, 4) is 0 Å². The van der Waals surface area contributed by atoms with E-state index < -0.39 is 101 Å². The van der Waals surface area contributed by atoms with E-state index in [2.05, 4.69) is 31.5 Å². The van der Waals surface area contributed by atoms with E-state index in [1.807, 2.05) is 0 Å². The van der Waals surface area contributed by atoms with Crippen LogP contribution in [0, 0.1) is 14.3 Å². The average Bonchev–Trinajstić information content (AvgIpc) is 3.11. The van der Waals surface area contributed by atoms with Crippen molar-refractivity contribution in [2.24, 2.45) is 10.2 Å². The molecule has 2 aromatic carbocycles. The Morgan fingerprint density at radius 3 is 0.865 bits per heavy atom. The second kappa shape index (κ2) is 22.6. The topological polar surface area (TPSA) is 303 Å². The summed E-state index contributed by atoms with van der Waals surface area (Å²) in [6, 6.07) is -4.44. The van der Waals surface area contributed by atoms with Gasteiger partial charge in [0.1, 0.15) is 11.4 Å². The molecular formula is C28H32Cl2I4N6O12. The third-order valence-electron chi connectivity index (χ3n) is 6.85. The zero-order valence-corrected chi connectivity index (χ0v) is 36.5. The van der Waals surface area contributed by atoms with E-state index in [1.54, 1.807) is 90.4 Å². The molecule has 4 amide bonds. The summed E-state index contributed by atoms with van der Waals surface area (Å²) in [5.74, 6) is -3.60. The maximum atomic E-state index is 13.5. The summed E-state index contributed by atoms with van der Waals surface area (Å²) in [7, 11) is 0. The van der Waals surface area contributed by atoms with Crippen LogP contribution in [0.25, 0.3) is 0 Å². The number of nitrogens with zero attached hydrogens (tertiary/aromatic N) is 2. The van der Waals surface area contributed by atoms with Gasteiger partial charge in [0.25, 0.3) is 23.6 Å². The van der Waals surface area contributed by atoms with E-state index in [0.29, 0.717) is 0 Å². The highest BCUT2D eigenvalue weighted by Gasteiger charge is 2.32. The summed E-state index contributed by atoms with van der Waals surface area (Å²) < 4.78 is -0.0186. The Morgan fingerprint density at radius 2 is 0.654 bits per heavy atom. The Hall–Kier alpha value is -0.900. The molecule has 0 aromatic heterocycles. The maximum absolute atomic E-state index is 13.5. The summed E-state index contributed by atoms with van der Waals surface area (Å²) in [5.41, 5.74) is -1.64. The van der Waals surface area contributed by atoms with Crippen LogP contribution < -0.4 is 21.3 Å². The van der Waals surface area contributed by atoms with Crippen LogP contribution in [0.2, 0.25) is 10.0 Å². The Morgan fingerprint density at radius 1 is 0.442 bits per heavy atom. The lowest BCUT2D eigenvalue weighted by molar-refractivity contribution is 0.0864. The highest BCUT2D eigenvalue weighted by Crippen LogP contribution is 2.44. The van der Waals surface area contributed by atoms with Crippen molar-refractivity contribution >= 4 is 149 Å². The number of halogens is 6. The van der Waals surface area contributed by atoms with E-state index in [9.17, 15) is 60.0 Å². The van der Waals surface area contributed by atoms with Gasteiger partial charge in [-0.3, -0.25) is 19.2 Å². The second-order valence-electron chi connectivity index (χ2n) is 10.4. The number of carbonyl (C=O) groups excluding carboxylic acids is 4. The molecule has 0 aliphatic carbocycles. The smallest absolute Gasteiger partial charge is 0.254 e. The fourth-order valence-corrected chi connectivity index (χ4v) is 10.1. The summed E-state index contributed by atoms with van der Waals surface area (Å²) >= 11 is 20.2. The SMILES string of the molecule is O=C(NC(CO)CO)c1c(Cl)c(N=Nc2c(Cl)c(C(=O)NC(CO)CO)c(I)c(C(=O)NC(CO)CO)c2I)c(I)c(C(=O)NC(CO)CO)c1I. The van der Waals surface area contributed by atoms with E-state index in [4.69, 9.17) is 23.2 Å². The number of hydrogen-bond donors (Lipinski definition) is 12. The van der Waals surface area contributed by atoms with Gasteiger partial charge in [0.2, 0.25) is 0 Å². The van der Waals surface area contributed by atoms with Crippen molar-refractivity contribution in [3.63, 3.8) is 0 Å². The normalized spacial score (nSPS) is 11.7. The van der Waals surface area contributed by atoms with Gasteiger partial charge in [-0.1, -0.05) is 23.2 Å². The molecule has 0 bridgehead atoms. The van der Waals surface area contributed by atoms with E-state index in [1.165, 1.54) is 0 Å². The van der Waals surface area contributed by atoms with Gasteiger partial charge >= 0.3 is 0 Å². The molecule has 0 aliphatic heterocycles. The number of amides is 4. The number of nitrogens with one attached hydrogen (secondary N) is 4. The third-order valence-corrected chi connectivity index (χ3v) is 11.8. The molecule has 2 rings (SSSR count). The molecule has 0 unspecified atom stereocenters. The molecule has 0 saturated heterocycles. The van der Waals surface area contributed by atoms with Crippen LogP contribution in [-0.2, 0) is 0 Å². The second-order valence-corrected chi connectivity index (χ2v) is 15.5. The molecule has 0 heterocycles. The number of rotatable bonds is 18. The molecule has 288 valence electrons. The zero-order valence-electron chi connectivity index (χ0n) is 26.3. The van der Waals surface area contributed by atoms with E-state index in [0.717, 1.165) is 0 Å². The Bertz CT molecular complexity index is 1450. The summed E-state index contributed by atoms with van der Waals surface area (Å²) in [6.45, 7) is -5.16. The summed E-state index contributed by atoms with van der Waals surface area (Å²) in [4.78, 5) is 53.8. The Kier molecular flexibility index (Phi) is 20.5. The van der Waals surface area contributed by atoms with Crippen LogP contribution in [0.1, 0.15) is 41.4 Å². The first kappa shape index (κ1) is 47.3. The molecule has 0 atom stereocenters. The maximum Gasteiger partial charge on any atom is 0.254 e. The lowest BCUT2D eigenvalue weighted by Crippen LogP contribution is -2.42. The first-order valence-electron chi connectivity index (χ1n) is 14.5. The van der Waals surface area contributed by atoms with Crippen LogP contribution in [0.4, 0.5) is 11.4 Å². The van der Waals surface area contributed by atoms with Crippen molar-refractivity contribution in [2.75, 3.05) is 52.9 Å². The standard InChI is InChI=1S/C28H32Cl2I4N6O12/c29-17-13(25(49)35-9(1-41)2-42)19(31)15(27(51)37-11(5-45)6-46)21(33)23(17)39-40-24-18(30)14(26(50)36-10(3-43)4-44)20(32)16(22(24)34)28(52)38-12(7-47)8-48/h9-12,41-48H,1-8H2,(H,35,49)(H,36,50)(H,37,51)(H,38,52). The van der Waals surface area contributed by atoms with Crippen molar-refractivity contribution in [3.05, 3.63) is 46.6 Å². The summed E-state index contributed by atoms with van der Waals surface area (Å²) in [6.07, 6.45) is 0. The van der Waals surface area contributed by atoms with Gasteiger partial charge in [-0.05, 0) is 90.4 Å². The van der Waals surface area contributed by atoms with Crippen molar-refractivity contribution in [1.82, 2.24) is 21.3 Å². The van der Waals surface area contributed by atoms with Crippen molar-refractivity contribution < 1.29 is 60.0 Å². The summed E-state index contributed by atoms with van der Waals surface area (Å²) in [5, 5.41) is 93.6. The number of aliphatic hydroxyl groups is 8. The molecule has 52 heavy (non-hydrogen) atoms. The minimum absolute atomic E-state index is 0.00957. The lowest BCUT2D eigenvalue weighted by atomic mass is 10.1. The largest absolute Gasteiger partial charge is 0.394 e. The number of hydrogen-bond acceptors (Lipinski definition) is 14. The molecule has 2 aromatic rings. The lowest BCUT2D eigenvalue weighted by Gasteiger charge is -2.21. The number of aliphatic hydroxyl groups excluding tert-OH is 8. The number of azo groups is 1. The molecule has 0 fully saturated rings. The first-order chi connectivity index (χ1) is 24.6. The van der Waals surface area contributed by atoms with Gasteiger partial charge < -0.3 is 62.1 Å². The Balaban J connectivity index is 3.01. The molecule has 0 aliphatic rings. The highest BCUT2D eigenvalue weighted by atomic mass is 127. The van der Waals surface area contributed by atoms with Crippen LogP contribution >= 0.6 is 114 Å². The van der Waals surface area contributed by atoms with Crippen molar-refractivity contribution in [2.45, 2.75) is 24.2 Å². The monoisotopic (exact) mass is 1220 g/mol. The van der Waals surface area contributed by atoms with Crippen LogP contribution in [-0.4, -0.2) is 142 Å². The quantitative estimate of drug-likeness (QED) is 0.0703. The Labute approximate surface area is 360 Å². The third kappa shape index (κ3) is 11.3. The van der Waals surface area contributed by atoms with Gasteiger partial charge in [0.05, 0.1) is 116 Å². The minimum Gasteiger partial charge on any atom is -0.394 e. The average molecular weight is 1220 g/mol. The fraction of sp³-hybridized carbons (Fsp3) is 0.429. The van der Waals surface area contributed by atoms with Gasteiger partial charge in [-0.2, -0.15) is 0 Å². The van der Waals surface area contributed by atoms with Crippen molar-refractivity contribution in [1.29, 1.82) is 0 Å². The molecule has 0 saturated carbocycles. The van der Waals surface area contributed by atoms with Gasteiger partial charge in [-0.25, -0.2) is 0 Å². The number of benzene rings is 2. The molecular weight excluding hydrogens is 1190 g/mol. The fourth-order valence-electron chi connectivity index (χ4n) is 4.00. The predicted octanol–water partition coefficient (Wildman–Crippen LogP) is 0.159. The van der Waals surface area contributed by atoms with E-state index in [-0.39, 0.29) is 58.0 Å². The van der Waals surface area contributed by atoms with Crippen LogP contribution in [0.15, 0.2) is 10.2 Å². The van der Waals surface area contributed by atoms with Crippen LogP contribution in [0.5, 0.6) is 0 Å². The number of carbonyl (C=O) groups is 4. The van der Waals surface area contributed by atoms with Gasteiger partial charge in [0.15, 0.2) is 0 Å². The van der Waals surface area contributed by atoms with E-state index >= 15 is 0 Å². The van der Waals surface area contributed by atoms with Crippen LogP contribution in [0.3, 0.4) is 0 Å². The van der Waals surface area contributed by atoms with Gasteiger partial charge in [-0.15, -0.1) is 10.2 Å². The molecule has 0 radical (unpaired) electrons. The molecule has 24 heteroatoms. The molecule has 12 N–H and O–H groups in total. The zero-order chi connectivity index (χ0) is 39.4. The van der Waals surface area contributed by atoms with Gasteiger partial charge in [0, 0.05) is 7.14 Å².